The number of urea groups is 1. The Labute approximate surface area is 183 Å². The Morgan fingerprint density at radius 3 is 2.63 bits per heavy atom. The summed E-state index contributed by atoms with van der Waals surface area (Å²) in [6, 6.07) is 4.61. The highest BCUT2D eigenvalue weighted by Crippen LogP contribution is 2.26. The molecule has 3 amide bonds. The number of carbonyl (C=O) groups is 3. The third-order valence-electron chi connectivity index (χ3n) is 5.39. The summed E-state index contributed by atoms with van der Waals surface area (Å²) in [7, 11) is 0. The summed E-state index contributed by atoms with van der Waals surface area (Å²) in [5.41, 5.74) is 0.764. The zero-order chi connectivity index (χ0) is 21.8. The molecule has 0 bridgehead atoms. The Hall–Kier alpha value is -2.09. The normalized spacial score (nSPS) is 15.3. The van der Waals surface area contributed by atoms with Crippen LogP contribution in [0.1, 0.15) is 58.1 Å². The van der Waals surface area contributed by atoms with E-state index in [2.05, 4.69) is 15.6 Å². The first-order valence-electron chi connectivity index (χ1n) is 10.8. The number of hydrogen-bond acceptors (Lipinski definition) is 5. The molecule has 8 heteroatoms. The van der Waals surface area contributed by atoms with Gasteiger partial charge in [0.15, 0.2) is 5.12 Å². The van der Waals surface area contributed by atoms with Crippen molar-refractivity contribution in [3.63, 3.8) is 0 Å². The number of aromatic nitrogens is 1. The zero-order valence-corrected chi connectivity index (χ0v) is 18.9. The Bertz CT molecular complexity index is 680. The van der Waals surface area contributed by atoms with Crippen molar-refractivity contribution in [1.29, 1.82) is 0 Å². The van der Waals surface area contributed by atoms with Crippen molar-refractivity contribution in [2.24, 2.45) is 5.92 Å². The van der Waals surface area contributed by atoms with Gasteiger partial charge in [-0.05, 0) is 31.4 Å². The SMILES string of the molecule is CC(=O)SCCN(CCC1CCCCC1)C(=O)NC(C)C(=O)NCc1ccccn1. The van der Waals surface area contributed by atoms with Gasteiger partial charge in [0.05, 0.1) is 12.2 Å². The third kappa shape index (κ3) is 9.15. The predicted molar refractivity (Wildman–Crippen MR) is 120 cm³/mol. The monoisotopic (exact) mass is 434 g/mol. The predicted octanol–water partition coefficient (Wildman–Crippen LogP) is 3.35. The summed E-state index contributed by atoms with van der Waals surface area (Å²) < 4.78 is 0. The van der Waals surface area contributed by atoms with E-state index < -0.39 is 6.04 Å². The number of thioether (sulfide) groups is 1. The summed E-state index contributed by atoms with van der Waals surface area (Å²) in [5.74, 6) is 0.973. The average molecular weight is 435 g/mol. The van der Waals surface area contributed by atoms with Crippen LogP contribution in [0.2, 0.25) is 0 Å². The smallest absolute Gasteiger partial charge is 0.318 e. The minimum atomic E-state index is -0.654. The highest BCUT2D eigenvalue weighted by atomic mass is 32.2. The molecule has 1 aliphatic rings. The van der Waals surface area contributed by atoms with Crippen molar-refractivity contribution in [2.45, 2.75) is 65.0 Å². The lowest BCUT2D eigenvalue weighted by molar-refractivity contribution is -0.122. The van der Waals surface area contributed by atoms with Crippen LogP contribution in [0.5, 0.6) is 0 Å². The van der Waals surface area contributed by atoms with Gasteiger partial charge in [0.2, 0.25) is 5.91 Å². The maximum Gasteiger partial charge on any atom is 0.318 e. The molecule has 0 aromatic carbocycles. The van der Waals surface area contributed by atoms with E-state index in [4.69, 9.17) is 0 Å². The van der Waals surface area contributed by atoms with Gasteiger partial charge in [-0.25, -0.2) is 4.79 Å². The maximum absolute atomic E-state index is 12.8. The van der Waals surface area contributed by atoms with Crippen LogP contribution in [0.15, 0.2) is 24.4 Å². The standard InChI is InChI=1S/C22H34N4O3S/c1-17(21(28)24-16-20-10-6-7-12-23-20)25-22(29)26(14-15-30-18(2)27)13-11-19-8-4-3-5-9-19/h6-7,10,12,17,19H,3-5,8-9,11,13-16H2,1-2H3,(H,24,28)(H,25,29). The quantitative estimate of drug-likeness (QED) is 0.589. The Morgan fingerprint density at radius 1 is 1.20 bits per heavy atom. The van der Waals surface area contributed by atoms with Gasteiger partial charge in [-0.3, -0.25) is 14.6 Å². The van der Waals surface area contributed by atoms with Gasteiger partial charge in [-0.2, -0.15) is 0 Å². The van der Waals surface area contributed by atoms with Gasteiger partial charge in [0, 0.05) is 32.0 Å². The summed E-state index contributed by atoms with van der Waals surface area (Å²) in [6.07, 6.45) is 8.94. The fraction of sp³-hybridized carbons (Fsp3) is 0.636. The van der Waals surface area contributed by atoms with Crippen molar-refractivity contribution < 1.29 is 14.4 Å². The molecule has 0 radical (unpaired) electrons. The van der Waals surface area contributed by atoms with E-state index in [0.29, 0.717) is 31.3 Å². The van der Waals surface area contributed by atoms with Gasteiger partial charge in [-0.1, -0.05) is 49.9 Å². The lowest BCUT2D eigenvalue weighted by Crippen LogP contribution is -2.50. The molecule has 1 aromatic heterocycles. The molecule has 0 aliphatic heterocycles. The molecule has 0 saturated heterocycles. The van der Waals surface area contributed by atoms with Crippen LogP contribution < -0.4 is 10.6 Å². The summed E-state index contributed by atoms with van der Waals surface area (Å²) in [6.45, 7) is 4.67. The molecule has 1 atom stereocenters. The molecule has 1 fully saturated rings. The number of rotatable bonds is 10. The second kappa shape index (κ2) is 13.3. The first-order chi connectivity index (χ1) is 14.5. The molecule has 1 unspecified atom stereocenters. The molecule has 166 valence electrons. The molecular formula is C22H34N4O3S. The van der Waals surface area contributed by atoms with Crippen molar-refractivity contribution in [3.8, 4) is 0 Å². The van der Waals surface area contributed by atoms with Crippen LogP contribution in [0.4, 0.5) is 4.79 Å². The molecule has 2 rings (SSSR count). The Kier molecular flexibility index (Phi) is 10.7. The van der Waals surface area contributed by atoms with Gasteiger partial charge >= 0.3 is 6.03 Å². The number of carbonyl (C=O) groups excluding carboxylic acids is 3. The van der Waals surface area contributed by atoms with Crippen LogP contribution >= 0.6 is 11.8 Å². The van der Waals surface area contributed by atoms with Gasteiger partial charge in [0.25, 0.3) is 0 Å². The molecule has 30 heavy (non-hydrogen) atoms. The maximum atomic E-state index is 12.8. The van der Waals surface area contributed by atoms with E-state index in [0.717, 1.165) is 12.1 Å². The average Bonchev–Trinajstić information content (AvgIpc) is 2.75. The van der Waals surface area contributed by atoms with E-state index in [1.165, 1.54) is 50.8 Å². The largest absolute Gasteiger partial charge is 0.349 e. The minimum absolute atomic E-state index is 0.0462. The number of amides is 3. The lowest BCUT2D eigenvalue weighted by Gasteiger charge is -2.28. The van der Waals surface area contributed by atoms with E-state index in [1.54, 1.807) is 18.0 Å². The molecule has 0 spiro atoms. The molecule has 1 heterocycles. The molecule has 1 aliphatic carbocycles. The number of nitrogens with zero attached hydrogens (tertiary/aromatic N) is 2. The first kappa shape index (κ1) is 24.2. The Morgan fingerprint density at radius 2 is 1.97 bits per heavy atom. The van der Waals surface area contributed by atoms with Crippen LogP contribution in [0, 0.1) is 5.92 Å². The van der Waals surface area contributed by atoms with Crippen molar-refractivity contribution in [2.75, 3.05) is 18.8 Å². The fourth-order valence-electron chi connectivity index (χ4n) is 3.60. The van der Waals surface area contributed by atoms with E-state index in [1.807, 2.05) is 18.2 Å². The Balaban J connectivity index is 1.83. The number of pyridine rings is 1. The van der Waals surface area contributed by atoms with Crippen LogP contribution in [0.3, 0.4) is 0 Å². The topological polar surface area (TPSA) is 91.4 Å². The van der Waals surface area contributed by atoms with Crippen LogP contribution in [-0.4, -0.2) is 51.8 Å². The van der Waals surface area contributed by atoms with Gasteiger partial charge < -0.3 is 15.5 Å². The van der Waals surface area contributed by atoms with E-state index in [9.17, 15) is 14.4 Å². The summed E-state index contributed by atoms with van der Waals surface area (Å²) in [5, 5.41) is 5.65. The van der Waals surface area contributed by atoms with E-state index >= 15 is 0 Å². The molecule has 2 N–H and O–H groups in total. The van der Waals surface area contributed by atoms with E-state index in [-0.39, 0.29) is 17.1 Å². The second-order valence-electron chi connectivity index (χ2n) is 7.83. The van der Waals surface area contributed by atoms with Gasteiger partial charge in [-0.15, -0.1) is 0 Å². The third-order valence-corrected chi connectivity index (χ3v) is 6.18. The van der Waals surface area contributed by atoms with Crippen LogP contribution in [0.25, 0.3) is 0 Å². The second-order valence-corrected chi connectivity index (χ2v) is 9.10. The highest BCUT2D eigenvalue weighted by Gasteiger charge is 2.22. The molecular weight excluding hydrogens is 400 g/mol. The summed E-state index contributed by atoms with van der Waals surface area (Å²) in [4.78, 5) is 42.3. The minimum Gasteiger partial charge on any atom is -0.349 e. The number of nitrogens with one attached hydrogen (secondary N) is 2. The molecule has 7 nitrogen and oxygen atoms in total. The van der Waals surface area contributed by atoms with Crippen molar-refractivity contribution >= 4 is 28.8 Å². The summed E-state index contributed by atoms with van der Waals surface area (Å²) >= 11 is 1.22. The lowest BCUT2D eigenvalue weighted by atomic mass is 9.87. The van der Waals surface area contributed by atoms with Crippen molar-refractivity contribution in [3.05, 3.63) is 30.1 Å². The molecule has 1 aromatic rings. The number of hydrogen-bond donors (Lipinski definition) is 2. The zero-order valence-electron chi connectivity index (χ0n) is 18.1. The fourth-order valence-corrected chi connectivity index (χ4v) is 4.20. The van der Waals surface area contributed by atoms with Crippen LogP contribution in [-0.2, 0) is 16.1 Å². The van der Waals surface area contributed by atoms with Crippen molar-refractivity contribution in [1.82, 2.24) is 20.5 Å². The molecule has 1 saturated carbocycles. The highest BCUT2D eigenvalue weighted by molar-refractivity contribution is 8.13. The first-order valence-corrected chi connectivity index (χ1v) is 11.8. The van der Waals surface area contributed by atoms with Gasteiger partial charge in [0.1, 0.15) is 6.04 Å².